The second-order valence-corrected chi connectivity index (χ2v) is 3.63. The number of rotatable bonds is 2. The van der Waals surface area contributed by atoms with Gasteiger partial charge in [0, 0.05) is 6.20 Å². The van der Waals surface area contributed by atoms with Crippen LogP contribution in [-0.4, -0.2) is 14.8 Å². The van der Waals surface area contributed by atoms with Crippen molar-refractivity contribution >= 4 is 23.2 Å². The van der Waals surface area contributed by atoms with Crippen molar-refractivity contribution in [2.24, 2.45) is 0 Å². The zero-order valence-electron chi connectivity index (χ0n) is 7.19. The van der Waals surface area contributed by atoms with Crippen LogP contribution in [0.5, 0.6) is 0 Å². The summed E-state index contributed by atoms with van der Waals surface area (Å²) in [5.74, 6) is 0. The molecule has 0 atom stereocenters. The van der Waals surface area contributed by atoms with Crippen LogP contribution in [-0.2, 0) is 6.54 Å². The zero-order chi connectivity index (χ0) is 9.97. The predicted octanol–water partition coefficient (Wildman–Crippen LogP) is 2.63. The molecule has 3 nitrogen and oxygen atoms in total. The Morgan fingerprint density at radius 2 is 2.14 bits per heavy atom. The molecule has 0 amide bonds. The minimum Gasteiger partial charge on any atom is -0.265 e. The lowest BCUT2D eigenvalue weighted by Gasteiger charge is -2.00. The molecule has 0 saturated carbocycles. The van der Waals surface area contributed by atoms with E-state index in [1.54, 1.807) is 23.1 Å². The van der Waals surface area contributed by atoms with Gasteiger partial charge in [0.15, 0.2) is 0 Å². The summed E-state index contributed by atoms with van der Waals surface area (Å²) < 4.78 is 1.71. The first-order valence-corrected chi connectivity index (χ1v) is 4.79. The van der Waals surface area contributed by atoms with Crippen molar-refractivity contribution < 1.29 is 0 Å². The minimum absolute atomic E-state index is 0.487. The van der Waals surface area contributed by atoms with Crippen molar-refractivity contribution in [1.82, 2.24) is 14.8 Å². The second-order valence-electron chi connectivity index (χ2n) is 2.81. The molecule has 0 N–H and O–H groups in total. The van der Waals surface area contributed by atoms with Crippen molar-refractivity contribution in [1.29, 1.82) is 0 Å². The molecule has 5 heteroatoms. The first-order valence-electron chi connectivity index (χ1n) is 4.03. The molecule has 0 unspecified atom stereocenters. The van der Waals surface area contributed by atoms with Crippen molar-refractivity contribution in [2.45, 2.75) is 6.54 Å². The molecule has 0 aliphatic heterocycles. The van der Waals surface area contributed by atoms with E-state index in [4.69, 9.17) is 23.2 Å². The quantitative estimate of drug-likeness (QED) is 0.739. The molecule has 2 aromatic heterocycles. The van der Waals surface area contributed by atoms with Gasteiger partial charge in [-0.05, 0) is 12.1 Å². The Hall–Kier alpha value is -1.06. The fourth-order valence-corrected chi connectivity index (χ4v) is 1.47. The molecular weight excluding hydrogens is 221 g/mol. The molecule has 0 fully saturated rings. The van der Waals surface area contributed by atoms with E-state index in [1.807, 2.05) is 12.1 Å². The summed E-state index contributed by atoms with van der Waals surface area (Å²) in [5, 5.41) is 5.15. The summed E-state index contributed by atoms with van der Waals surface area (Å²) in [5.41, 5.74) is 0.859. The number of aromatic nitrogens is 3. The third-order valence-electron chi connectivity index (χ3n) is 1.70. The van der Waals surface area contributed by atoms with Crippen LogP contribution in [0, 0.1) is 0 Å². The highest BCUT2D eigenvalue weighted by molar-refractivity contribution is 6.30. The van der Waals surface area contributed by atoms with Gasteiger partial charge in [0.2, 0.25) is 0 Å². The molecule has 0 aromatic carbocycles. The standard InChI is InChI=1S/C9H7Cl2N3/c10-7-4-12-14(5-7)6-8-2-1-3-9(11)13-8/h1-5H,6H2. The van der Waals surface area contributed by atoms with Crippen LogP contribution in [0.1, 0.15) is 5.69 Å². The van der Waals surface area contributed by atoms with Crippen LogP contribution < -0.4 is 0 Å². The predicted molar refractivity (Wildman–Crippen MR) is 55.6 cm³/mol. The third kappa shape index (κ3) is 2.25. The molecule has 2 rings (SSSR count). The van der Waals surface area contributed by atoms with Crippen LogP contribution in [0.25, 0.3) is 0 Å². The number of hydrogen-bond donors (Lipinski definition) is 0. The SMILES string of the molecule is Clc1cnn(Cc2cccc(Cl)n2)c1. The summed E-state index contributed by atoms with van der Waals surface area (Å²) in [4.78, 5) is 4.14. The zero-order valence-corrected chi connectivity index (χ0v) is 8.70. The van der Waals surface area contributed by atoms with Gasteiger partial charge in [-0.2, -0.15) is 5.10 Å². The van der Waals surface area contributed by atoms with Gasteiger partial charge < -0.3 is 0 Å². The average Bonchev–Trinajstić information content (AvgIpc) is 2.51. The Bertz CT molecular complexity index is 439. The van der Waals surface area contributed by atoms with E-state index < -0.39 is 0 Å². The molecule has 0 bridgehead atoms. The Balaban J connectivity index is 2.18. The fraction of sp³-hybridized carbons (Fsp3) is 0.111. The highest BCUT2D eigenvalue weighted by Gasteiger charge is 1.99. The number of pyridine rings is 1. The maximum Gasteiger partial charge on any atom is 0.129 e. The van der Waals surface area contributed by atoms with Gasteiger partial charge in [-0.1, -0.05) is 29.3 Å². The summed E-state index contributed by atoms with van der Waals surface area (Å²) >= 11 is 11.5. The molecule has 2 aromatic rings. The highest BCUT2D eigenvalue weighted by atomic mass is 35.5. The molecule has 0 spiro atoms. The molecule has 0 aliphatic rings. The third-order valence-corrected chi connectivity index (χ3v) is 2.10. The Labute approximate surface area is 91.3 Å². The lowest BCUT2D eigenvalue weighted by atomic mass is 10.3. The number of halogens is 2. The van der Waals surface area contributed by atoms with Gasteiger partial charge in [0.1, 0.15) is 5.15 Å². The van der Waals surface area contributed by atoms with Crippen LogP contribution in [0.3, 0.4) is 0 Å². The lowest BCUT2D eigenvalue weighted by Crippen LogP contribution is -2.01. The molecular formula is C9H7Cl2N3. The van der Waals surface area contributed by atoms with E-state index in [-0.39, 0.29) is 0 Å². The van der Waals surface area contributed by atoms with E-state index in [2.05, 4.69) is 10.1 Å². The lowest BCUT2D eigenvalue weighted by molar-refractivity contribution is 0.673. The molecule has 0 radical (unpaired) electrons. The molecule has 2 heterocycles. The normalized spacial score (nSPS) is 10.4. The largest absolute Gasteiger partial charge is 0.265 e. The molecule has 14 heavy (non-hydrogen) atoms. The second kappa shape index (κ2) is 3.98. The van der Waals surface area contributed by atoms with Gasteiger partial charge >= 0.3 is 0 Å². The van der Waals surface area contributed by atoms with Gasteiger partial charge in [-0.15, -0.1) is 0 Å². The van der Waals surface area contributed by atoms with Gasteiger partial charge in [0.25, 0.3) is 0 Å². The summed E-state index contributed by atoms with van der Waals surface area (Å²) in [6, 6.07) is 5.48. The monoisotopic (exact) mass is 227 g/mol. The van der Waals surface area contributed by atoms with E-state index in [9.17, 15) is 0 Å². The van der Waals surface area contributed by atoms with E-state index in [1.165, 1.54) is 0 Å². The van der Waals surface area contributed by atoms with Gasteiger partial charge in [0.05, 0.1) is 23.5 Å². The smallest absolute Gasteiger partial charge is 0.129 e. The van der Waals surface area contributed by atoms with Crippen LogP contribution in [0.4, 0.5) is 0 Å². The van der Waals surface area contributed by atoms with Crippen LogP contribution in [0.15, 0.2) is 30.6 Å². The topological polar surface area (TPSA) is 30.7 Å². The Morgan fingerprint density at radius 3 is 2.79 bits per heavy atom. The maximum atomic E-state index is 5.75. The number of hydrogen-bond acceptors (Lipinski definition) is 2. The van der Waals surface area contributed by atoms with Crippen molar-refractivity contribution in [3.8, 4) is 0 Å². The van der Waals surface area contributed by atoms with Gasteiger partial charge in [-0.25, -0.2) is 4.98 Å². The van der Waals surface area contributed by atoms with Crippen molar-refractivity contribution in [2.75, 3.05) is 0 Å². The number of nitrogens with zero attached hydrogens (tertiary/aromatic N) is 3. The molecule has 0 saturated heterocycles. The summed E-state index contributed by atoms with van der Waals surface area (Å²) in [6.45, 7) is 0.577. The average molecular weight is 228 g/mol. The maximum absolute atomic E-state index is 5.75. The van der Waals surface area contributed by atoms with E-state index >= 15 is 0 Å². The Morgan fingerprint density at radius 1 is 1.29 bits per heavy atom. The van der Waals surface area contributed by atoms with Gasteiger partial charge in [-0.3, -0.25) is 4.68 Å². The first kappa shape index (κ1) is 9.49. The summed E-state index contributed by atoms with van der Waals surface area (Å²) in [7, 11) is 0. The highest BCUT2D eigenvalue weighted by Crippen LogP contribution is 2.09. The first-order chi connectivity index (χ1) is 6.74. The molecule has 72 valence electrons. The van der Waals surface area contributed by atoms with Crippen LogP contribution >= 0.6 is 23.2 Å². The van der Waals surface area contributed by atoms with Crippen molar-refractivity contribution in [3.05, 3.63) is 46.5 Å². The van der Waals surface area contributed by atoms with E-state index in [0.29, 0.717) is 16.7 Å². The minimum atomic E-state index is 0.487. The van der Waals surface area contributed by atoms with E-state index in [0.717, 1.165) is 5.69 Å². The summed E-state index contributed by atoms with van der Waals surface area (Å²) in [6.07, 6.45) is 3.33. The molecule has 0 aliphatic carbocycles. The van der Waals surface area contributed by atoms with Crippen LogP contribution in [0.2, 0.25) is 10.2 Å². The fourth-order valence-electron chi connectivity index (χ4n) is 1.13. The Kier molecular flexibility index (Phi) is 2.70. The van der Waals surface area contributed by atoms with Crippen molar-refractivity contribution in [3.63, 3.8) is 0 Å².